The van der Waals surface area contributed by atoms with E-state index in [1.165, 1.54) is 24.1 Å². The lowest BCUT2D eigenvalue weighted by Gasteiger charge is -2.32. The summed E-state index contributed by atoms with van der Waals surface area (Å²) in [5, 5.41) is 3.61. The molecule has 2 rings (SSSR count). The number of hydrogen-bond donors (Lipinski definition) is 1. The molecule has 0 bridgehead atoms. The van der Waals surface area contributed by atoms with Crippen LogP contribution < -0.4 is 10.2 Å². The Kier molecular flexibility index (Phi) is 5.03. The van der Waals surface area contributed by atoms with Crippen molar-refractivity contribution in [2.24, 2.45) is 5.92 Å². The van der Waals surface area contributed by atoms with E-state index in [1.54, 1.807) is 0 Å². The van der Waals surface area contributed by atoms with Gasteiger partial charge in [-0.25, -0.2) is 0 Å². The highest BCUT2D eigenvalue weighted by molar-refractivity contribution is 5.54. The molecule has 1 aromatic heterocycles. The van der Waals surface area contributed by atoms with Crippen molar-refractivity contribution in [3.63, 3.8) is 0 Å². The van der Waals surface area contributed by atoms with E-state index in [4.69, 9.17) is 0 Å². The lowest BCUT2D eigenvalue weighted by Crippen LogP contribution is -2.35. The summed E-state index contributed by atoms with van der Waals surface area (Å²) < 4.78 is 0. The van der Waals surface area contributed by atoms with Crippen LogP contribution in [0.3, 0.4) is 0 Å². The van der Waals surface area contributed by atoms with E-state index in [0.717, 1.165) is 24.8 Å². The maximum atomic E-state index is 4.49. The summed E-state index contributed by atoms with van der Waals surface area (Å²) in [5.41, 5.74) is 3.79. The third-order valence-electron chi connectivity index (χ3n) is 3.75. The largest absolute Gasteiger partial charge is 0.368 e. The van der Waals surface area contributed by atoms with E-state index in [0.29, 0.717) is 12.0 Å². The highest BCUT2D eigenvalue weighted by atomic mass is 15.2. The zero-order valence-corrected chi connectivity index (χ0v) is 13.6. The van der Waals surface area contributed by atoms with Gasteiger partial charge in [0.05, 0.1) is 0 Å². The monoisotopic (exact) mass is 275 g/mol. The number of aryl methyl sites for hydroxylation is 1. The maximum absolute atomic E-state index is 4.49. The molecule has 3 heteroatoms. The Balaban J connectivity index is 2.21. The lowest BCUT2D eigenvalue weighted by molar-refractivity contribution is 0.566. The van der Waals surface area contributed by atoms with Crippen molar-refractivity contribution in [3.05, 3.63) is 23.5 Å². The quantitative estimate of drug-likeness (QED) is 0.825. The number of nitrogens with zero attached hydrogens (tertiary/aromatic N) is 2. The summed E-state index contributed by atoms with van der Waals surface area (Å²) in [6.45, 7) is 13.2. The van der Waals surface area contributed by atoms with Crippen LogP contribution in [0.1, 0.15) is 51.8 Å². The minimum Gasteiger partial charge on any atom is -0.368 e. The van der Waals surface area contributed by atoms with Crippen molar-refractivity contribution in [2.75, 3.05) is 11.4 Å². The molecule has 0 aliphatic heterocycles. The molecule has 0 unspecified atom stereocenters. The van der Waals surface area contributed by atoms with Crippen molar-refractivity contribution in [1.82, 2.24) is 10.3 Å². The SMILES string of the molecule is Cc1cc(N(CC(C)C)C(C)C)c(CNC2CC2)cn1. The molecule has 112 valence electrons. The Morgan fingerprint density at radius 2 is 2.00 bits per heavy atom. The van der Waals surface area contributed by atoms with Crippen LogP contribution in [-0.2, 0) is 6.54 Å². The van der Waals surface area contributed by atoms with E-state index < -0.39 is 0 Å². The van der Waals surface area contributed by atoms with Crippen molar-refractivity contribution in [1.29, 1.82) is 0 Å². The topological polar surface area (TPSA) is 28.2 Å². The van der Waals surface area contributed by atoms with E-state index in [-0.39, 0.29) is 0 Å². The summed E-state index contributed by atoms with van der Waals surface area (Å²) in [4.78, 5) is 7.01. The van der Waals surface area contributed by atoms with Crippen LogP contribution in [-0.4, -0.2) is 23.6 Å². The molecular formula is C17H29N3. The Bertz CT molecular complexity index is 436. The molecule has 0 saturated heterocycles. The second-order valence-corrected chi connectivity index (χ2v) is 6.75. The molecule has 0 atom stereocenters. The number of pyridine rings is 1. The lowest BCUT2D eigenvalue weighted by atomic mass is 10.1. The molecule has 3 nitrogen and oxygen atoms in total. The fourth-order valence-electron chi connectivity index (χ4n) is 2.50. The predicted octanol–water partition coefficient (Wildman–Crippen LogP) is 3.51. The first-order valence-electron chi connectivity index (χ1n) is 7.93. The smallest absolute Gasteiger partial charge is 0.0447 e. The first-order valence-corrected chi connectivity index (χ1v) is 7.93. The van der Waals surface area contributed by atoms with Crippen LogP contribution in [0.2, 0.25) is 0 Å². The molecule has 20 heavy (non-hydrogen) atoms. The van der Waals surface area contributed by atoms with E-state index in [9.17, 15) is 0 Å². The molecule has 1 heterocycles. The third-order valence-corrected chi connectivity index (χ3v) is 3.75. The highest BCUT2D eigenvalue weighted by Gasteiger charge is 2.22. The molecule has 1 fully saturated rings. The van der Waals surface area contributed by atoms with Crippen molar-refractivity contribution >= 4 is 5.69 Å². The van der Waals surface area contributed by atoms with Gasteiger partial charge < -0.3 is 10.2 Å². The molecule has 1 saturated carbocycles. The third kappa shape index (κ3) is 4.20. The normalized spacial score (nSPS) is 15.2. The first-order chi connectivity index (χ1) is 9.47. The molecule has 1 N–H and O–H groups in total. The molecule has 0 radical (unpaired) electrons. The minimum absolute atomic E-state index is 0.513. The average molecular weight is 275 g/mol. The van der Waals surface area contributed by atoms with E-state index in [2.05, 4.69) is 62.1 Å². The minimum atomic E-state index is 0.513. The molecule has 1 aliphatic carbocycles. The van der Waals surface area contributed by atoms with Crippen molar-refractivity contribution in [2.45, 2.75) is 66.1 Å². The van der Waals surface area contributed by atoms with Gasteiger partial charge in [-0.2, -0.15) is 0 Å². The Labute approximate surface area is 123 Å². The molecule has 0 amide bonds. The van der Waals surface area contributed by atoms with Gasteiger partial charge in [-0.3, -0.25) is 4.98 Å². The zero-order chi connectivity index (χ0) is 14.7. The van der Waals surface area contributed by atoms with Crippen LogP contribution in [0.15, 0.2) is 12.3 Å². The standard InChI is InChI=1S/C17H29N3/c1-12(2)11-20(13(3)4)17-8-14(5)18-9-15(17)10-19-16-6-7-16/h8-9,12-13,16,19H,6-7,10-11H2,1-5H3. The van der Waals surface area contributed by atoms with Gasteiger partial charge in [0.15, 0.2) is 0 Å². The van der Waals surface area contributed by atoms with Gasteiger partial charge in [0.25, 0.3) is 0 Å². The second-order valence-electron chi connectivity index (χ2n) is 6.75. The summed E-state index contributed by atoms with van der Waals surface area (Å²) in [5.74, 6) is 0.662. The maximum Gasteiger partial charge on any atom is 0.0447 e. The van der Waals surface area contributed by atoms with Crippen LogP contribution >= 0.6 is 0 Å². The Hall–Kier alpha value is -1.09. The number of hydrogen-bond acceptors (Lipinski definition) is 3. The van der Waals surface area contributed by atoms with E-state index >= 15 is 0 Å². The summed E-state index contributed by atoms with van der Waals surface area (Å²) >= 11 is 0. The summed E-state index contributed by atoms with van der Waals surface area (Å²) in [6, 6.07) is 3.49. The number of aromatic nitrogens is 1. The van der Waals surface area contributed by atoms with Gasteiger partial charge in [0.1, 0.15) is 0 Å². The molecule has 1 aliphatic rings. The van der Waals surface area contributed by atoms with Crippen molar-refractivity contribution in [3.8, 4) is 0 Å². The van der Waals surface area contributed by atoms with Gasteiger partial charge in [0.2, 0.25) is 0 Å². The van der Waals surface area contributed by atoms with Gasteiger partial charge in [0, 0.05) is 48.3 Å². The molecule has 1 aromatic rings. The summed E-state index contributed by atoms with van der Waals surface area (Å²) in [7, 11) is 0. The van der Waals surface area contributed by atoms with Gasteiger partial charge >= 0.3 is 0 Å². The fraction of sp³-hybridized carbons (Fsp3) is 0.706. The Morgan fingerprint density at radius 3 is 2.55 bits per heavy atom. The number of anilines is 1. The van der Waals surface area contributed by atoms with Gasteiger partial charge in [-0.05, 0) is 45.6 Å². The molecule has 0 spiro atoms. The predicted molar refractivity (Wildman–Crippen MR) is 86.2 cm³/mol. The zero-order valence-electron chi connectivity index (χ0n) is 13.6. The number of rotatable bonds is 7. The van der Waals surface area contributed by atoms with Crippen LogP contribution in [0.4, 0.5) is 5.69 Å². The fourth-order valence-corrected chi connectivity index (χ4v) is 2.50. The second kappa shape index (κ2) is 6.57. The molecular weight excluding hydrogens is 246 g/mol. The van der Waals surface area contributed by atoms with Gasteiger partial charge in [-0.1, -0.05) is 13.8 Å². The van der Waals surface area contributed by atoms with Crippen LogP contribution in [0.25, 0.3) is 0 Å². The van der Waals surface area contributed by atoms with E-state index in [1.807, 2.05) is 0 Å². The van der Waals surface area contributed by atoms with Crippen molar-refractivity contribution < 1.29 is 0 Å². The van der Waals surface area contributed by atoms with Gasteiger partial charge in [-0.15, -0.1) is 0 Å². The average Bonchev–Trinajstić information content (AvgIpc) is 3.18. The Morgan fingerprint density at radius 1 is 1.30 bits per heavy atom. The highest BCUT2D eigenvalue weighted by Crippen LogP contribution is 2.26. The molecule has 0 aromatic carbocycles. The van der Waals surface area contributed by atoms with Crippen LogP contribution in [0.5, 0.6) is 0 Å². The number of nitrogens with one attached hydrogen (secondary N) is 1. The summed E-state index contributed by atoms with van der Waals surface area (Å²) in [6.07, 6.45) is 4.71. The first kappa shape index (κ1) is 15.3. The van der Waals surface area contributed by atoms with Crippen LogP contribution in [0, 0.1) is 12.8 Å².